The Labute approximate surface area is 151 Å². The van der Waals surface area contributed by atoms with Gasteiger partial charge in [-0.3, -0.25) is 4.79 Å². The number of aliphatic hydroxyl groups is 1. The van der Waals surface area contributed by atoms with E-state index < -0.39 is 24.1 Å². The topological polar surface area (TPSA) is 86.7 Å². The number of rotatable bonds is 13. The predicted octanol–water partition coefficient (Wildman–Crippen LogP) is 1.19. The van der Waals surface area contributed by atoms with Crippen LogP contribution in [0, 0.1) is 0 Å². The molecule has 0 bridgehead atoms. The van der Waals surface area contributed by atoms with E-state index in [1.807, 2.05) is 45.4 Å². The van der Waals surface area contributed by atoms with E-state index in [0.717, 1.165) is 6.42 Å². The summed E-state index contributed by atoms with van der Waals surface area (Å²) in [7, 11) is 5.70. The first-order valence-corrected chi connectivity index (χ1v) is 8.83. The monoisotopic (exact) mass is 355 g/mol. The van der Waals surface area contributed by atoms with Crippen molar-refractivity contribution in [3.63, 3.8) is 0 Å². The van der Waals surface area contributed by atoms with Gasteiger partial charge in [0.05, 0.1) is 27.2 Å². The third-order valence-corrected chi connectivity index (χ3v) is 3.39. The molecule has 0 aromatic carbocycles. The third-order valence-electron chi connectivity index (χ3n) is 3.39. The Balaban J connectivity index is 4.15. The van der Waals surface area contributed by atoms with Gasteiger partial charge in [-0.05, 0) is 25.7 Å². The molecule has 0 aliphatic rings. The normalized spacial score (nSPS) is 14.8. The molecule has 0 heterocycles. The van der Waals surface area contributed by atoms with E-state index in [-0.39, 0.29) is 12.8 Å². The number of carboxylic acid groups (broad SMARTS) is 1. The lowest BCUT2D eigenvalue weighted by atomic mass is 10.1. The standard InChI is InChI=1S/C19H33NO5/c1-5-6-7-8-9-11-16(21)12-10-13-19(24)25-17(14-18(22)23)15-20(2,3)4/h6-9,16-17,21H,5,10-15H2,1-4H3/b7-6+,9-8+. The van der Waals surface area contributed by atoms with Gasteiger partial charge in [0.2, 0.25) is 0 Å². The number of carbonyl (C=O) groups excluding carboxylic acids is 2. The minimum absolute atomic E-state index is 0.164. The molecule has 0 fully saturated rings. The largest absolute Gasteiger partial charge is 0.550 e. The SMILES string of the molecule is CC/C=C/C=C/CC(O)CCCC(=O)OC(CC(=O)[O-])C[N+](C)(C)C. The Morgan fingerprint density at radius 2 is 1.84 bits per heavy atom. The number of aliphatic carboxylic acids is 1. The van der Waals surface area contributed by atoms with Crippen molar-refractivity contribution in [2.24, 2.45) is 0 Å². The quantitative estimate of drug-likeness (QED) is 0.305. The van der Waals surface area contributed by atoms with Crippen LogP contribution < -0.4 is 5.11 Å². The molecule has 0 radical (unpaired) electrons. The Bertz CT molecular complexity index is 451. The lowest BCUT2D eigenvalue weighted by Gasteiger charge is -2.29. The van der Waals surface area contributed by atoms with Gasteiger partial charge in [-0.25, -0.2) is 0 Å². The molecule has 0 rings (SSSR count). The number of hydrogen-bond donors (Lipinski definition) is 1. The average molecular weight is 355 g/mol. The van der Waals surface area contributed by atoms with E-state index in [9.17, 15) is 19.8 Å². The zero-order valence-corrected chi connectivity index (χ0v) is 15.9. The van der Waals surface area contributed by atoms with Crippen molar-refractivity contribution >= 4 is 11.9 Å². The maximum absolute atomic E-state index is 11.9. The third kappa shape index (κ3) is 15.6. The van der Waals surface area contributed by atoms with Gasteiger partial charge in [-0.2, -0.15) is 0 Å². The predicted molar refractivity (Wildman–Crippen MR) is 95.4 cm³/mol. The molecule has 0 aromatic heterocycles. The average Bonchev–Trinajstić information content (AvgIpc) is 2.44. The summed E-state index contributed by atoms with van der Waals surface area (Å²) >= 11 is 0. The summed E-state index contributed by atoms with van der Waals surface area (Å²) in [4.78, 5) is 22.7. The summed E-state index contributed by atoms with van der Waals surface area (Å²) in [6, 6.07) is 0. The summed E-state index contributed by atoms with van der Waals surface area (Å²) < 4.78 is 5.75. The smallest absolute Gasteiger partial charge is 0.306 e. The number of likely N-dealkylation sites (N-methyl/N-ethyl adjacent to an activating group) is 1. The molecule has 0 aliphatic carbocycles. The van der Waals surface area contributed by atoms with Gasteiger partial charge in [-0.15, -0.1) is 0 Å². The highest BCUT2D eigenvalue weighted by atomic mass is 16.5. The molecule has 6 nitrogen and oxygen atoms in total. The number of hydrogen-bond acceptors (Lipinski definition) is 5. The Hall–Kier alpha value is -1.66. The second-order valence-electron chi connectivity index (χ2n) is 7.21. The molecule has 25 heavy (non-hydrogen) atoms. The fourth-order valence-electron chi connectivity index (χ4n) is 2.31. The number of allylic oxidation sites excluding steroid dienone is 3. The summed E-state index contributed by atoms with van der Waals surface area (Å²) in [5, 5.41) is 20.6. The molecular weight excluding hydrogens is 322 g/mol. The van der Waals surface area contributed by atoms with Crippen LogP contribution in [0.25, 0.3) is 0 Å². The maximum Gasteiger partial charge on any atom is 0.306 e. The van der Waals surface area contributed by atoms with Crippen LogP contribution in [-0.4, -0.2) is 61.4 Å². The van der Waals surface area contributed by atoms with E-state index in [4.69, 9.17) is 4.74 Å². The molecule has 1 N–H and O–H groups in total. The first-order valence-electron chi connectivity index (χ1n) is 8.83. The molecular formula is C19H33NO5. The number of nitrogens with zero attached hydrogens (tertiary/aromatic N) is 1. The van der Waals surface area contributed by atoms with Crippen LogP contribution in [-0.2, 0) is 14.3 Å². The molecule has 0 saturated carbocycles. The fraction of sp³-hybridized carbons (Fsp3) is 0.684. The second-order valence-corrected chi connectivity index (χ2v) is 7.21. The molecule has 0 aromatic rings. The van der Waals surface area contributed by atoms with Crippen molar-refractivity contribution in [3.8, 4) is 0 Å². The van der Waals surface area contributed by atoms with Crippen LogP contribution in [0.4, 0.5) is 0 Å². The van der Waals surface area contributed by atoms with Crippen LogP contribution in [0.15, 0.2) is 24.3 Å². The van der Waals surface area contributed by atoms with Crippen LogP contribution in [0.2, 0.25) is 0 Å². The molecule has 2 unspecified atom stereocenters. The van der Waals surface area contributed by atoms with E-state index >= 15 is 0 Å². The second kappa shape index (κ2) is 12.7. The first kappa shape index (κ1) is 23.3. The van der Waals surface area contributed by atoms with Crippen molar-refractivity contribution in [2.45, 2.75) is 57.7 Å². The summed E-state index contributed by atoms with van der Waals surface area (Å²) in [6.45, 7) is 2.45. The molecule has 0 spiro atoms. The zero-order chi connectivity index (χ0) is 19.3. The highest BCUT2D eigenvalue weighted by Crippen LogP contribution is 2.10. The lowest BCUT2D eigenvalue weighted by molar-refractivity contribution is -0.873. The van der Waals surface area contributed by atoms with Crippen LogP contribution in [0.5, 0.6) is 0 Å². The van der Waals surface area contributed by atoms with E-state index in [1.54, 1.807) is 0 Å². The van der Waals surface area contributed by atoms with Gasteiger partial charge in [-0.1, -0.05) is 31.2 Å². The highest BCUT2D eigenvalue weighted by molar-refractivity contribution is 5.70. The molecule has 0 amide bonds. The summed E-state index contributed by atoms with van der Waals surface area (Å²) in [5.74, 6) is -1.67. The van der Waals surface area contributed by atoms with Crippen molar-refractivity contribution in [2.75, 3.05) is 27.7 Å². The van der Waals surface area contributed by atoms with E-state index in [2.05, 4.69) is 6.92 Å². The minimum atomic E-state index is -1.23. The molecule has 0 saturated heterocycles. The highest BCUT2D eigenvalue weighted by Gasteiger charge is 2.22. The first-order chi connectivity index (χ1) is 11.6. The van der Waals surface area contributed by atoms with Crippen molar-refractivity contribution in [1.82, 2.24) is 0 Å². The van der Waals surface area contributed by atoms with Gasteiger partial charge < -0.3 is 24.2 Å². The number of carbonyl (C=O) groups is 2. The maximum atomic E-state index is 11.9. The number of aliphatic hydroxyl groups excluding tert-OH is 1. The van der Waals surface area contributed by atoms with Crippen LogP contribution in [0.1, 0.15) is 45.4 Å². The van der Waals surface area contributed by atoms with Gasteiger partial charge >= 0.3 is 5.97 Å². The Morgan fingerprint density at radius 3 is 2.40 bits per heavy atom. The summed E-state index contributed by atoms with van der Waals surface area (Å²) in [5.41, 5.74) is 0. The van der Waals surface area contributed by atoms with Crippen molar-refractivity contribution < 1.29 is 29.0 Å². The molecule has 2 atom stereocenters. The summed E-state index contributed by atoms with van der Waals surface area (Å²) in [6.07, 6.45) is 8.94. The zero-order valence-electron chi connectivity index (χ0n) is 15.9. The molecule has 144 valence electrons. The number of quaternary nitrogens is 1. The van der Waals surface area contributed by atoms with Gasteiger partial charge in [0.25, 0.3) is 0 Å². The minimum Gasteiger partial charge on any atom is -0.550 e. The van der Waals surface area contributed by atoms with Crippen LogP contribution >= 0.6 is 0 Å². The number of ether oxygens (including phenoxy) is 1. The molecule has 0 aliphatic heterocycles. The van der Waals surface area contributed by atoms with Crippen molar-refractivity contribution in [3.05, 3.63) is 24.3 Å². The Morgan fingerprint density at radius 1 is 1.20 bits per heavy atom. The van der Waals surface area contributed by atoms with E-state index in [0.29, 0.717) is 30.3 Å². The Kier molecular flexibility index (Phi) is 11.8. The number of esters is 1. The number of carboxylic acids is 1. The van der Waals surface area contributed by atoms with Gasteiger partial charge in [0.15, 0.2) is 6.10 Å². The van der Waals surface area contributed by atoms with E-state index in [1.165, 1.54) is 0 Å². The molecule has 6 heteroatoms. The van der Waals surface area contributed by atoms with Gasteiger partial charge in [0, 0.05) is 18.8 Å². The lowest BCUT2D eigenvalue weighted by Crippen LogP contribution is -2.45. The van der Waals surface area contributed by atoms with Crippen molar-refractivity contribution in [1.29, 1.82) is 0 Å². The van der Waals surface area contributed by atoms with Gasteiger partial charge in [0.1, 0.15) is 6.54 Å². The van der Waals surface area contributed by atoms with Crippen LogP contribution in [0.3, 0.4) is 0 Å². The fourth-order valence-corrected chi connectivity index (χ4v) is 2.31.